The van der Waals surface area contributed by atoms with E-state index in [4.69, 9.17) is 8.84 Å². The van der Waals surface area contributed by atoms with Gasteiger partial charge in [0.05, 0.1) is 5.69 Å². The standard InChI is InChI=1S/C23H19F2N3O4S/c1-28(32-33(30)31)19-11-10-15-12-21(27-20(15)14-19)22(29)26-18-9-5-8-17(13-18)23(24,25)16-6-3-2-4-7-16/h2-14,27H,1H3,(H,26,29)(H,30,31). The molecule has 1 amide bonds. The lowest BCUT2D eigenvalue weighted by molar-refractivity contribution is 0.0429. The lowest BCUT2D eigenvalue weighted by Gasteiger charge is -2.18. The minimum absolute atomic E-state index is 0.140. The maximum Gasteiger partial charge on any atom is 0.325 e. The van der Waals surface area contributed by atoms with Crippen molar-refractivity contribution in [3.63, 3.8) is 0 Å². The van der Waals surface area contributed by atoms with Crippen LogP contribution in [0.25, 0.3) is 10.9 Å². The minimum Gasteiger partial charge on any atom is -0.350 e. The van der Waals surface area contributed by atoms with Gasteiger partial charge in [-0.2, -0.15) is 13.0 Å². The fraction of sp³-hybridized carbons (Fsp3) is 0.0870. The zero-order valence-electron chi connectivity index (χ0n) is 17.3. The number of hydrogen-bond donors (Lipinski definition) is 3. The fourth-order valence-corrected chi connectivity index (χ4v) is 3.65. The molecule has 0 bridgehead atoms. The SMILES string of the molecule is CN(OS(=O)O)c1ccc2cc(C(=O)Nc3cccc(C(F)(F)c4ccccc4)c3)[nH]c2c1. The number of H-pyrrole nitrogens is 1. The van der Waals surface area contributed by atoms with Gasteiger partial charge in [0, 0.05) is 34.8 Å². The van der Waals surface area contributed by atoms with E-state index in [1.54, 1.807) is 42.5 Å². The highest BCUT2D eigenvalue weighted by molar-refractivity contribution is 7.74. The number of aromatic nitrogens is 1. The van der Waals surface area contributed by atoms with Crippen LogP contribution in [0.15, 0.2) is 78.9 Å². The van der Waals surface area contributed by atoms with Gasteiger partial charge < -0.3 is 10.3 Å². The number of amides is 1. The Morgan fingerprint density at radius 1 is 1.03 bits per heavy atom. The molecule has 0 aliphatic heterocycles. The maximum atomic E-state index is 14.9. The molecule has 1 heterocycles. The van der Waals surface area contributed by atoms with Crippen LogP contribution in [-0.2, 0) is 21.6 Å². The molecule has 0 radical (unpaired) electrons. The summed E-state index contributed by atoms with van der Waals surface area (Å²) in [5, 5.41) is 4.47. The highest BCUT2D eigenvalue weighted by Gasteiger charge is 2.33. The topological polar surface area (TPSA) is 94.7 Å². The molecule has 33 heavy (non-hydrogen) atoms. The van der Waals surface area contributed by atoms with Crippen molar-refractivity contribution in [2.45, 2.75) is 5.92 Å². The number of carbonyl (C=O) groups is 1. The van der Waals surface area contributed by atoms with Crippen molar-refractivity contribution in [2.24, 2.45) is 0 Å². The molecule has 7 nitrogen and oxygen atoms in total. The van der Waals surface area contributed by atoms with E-state index in [0.29, 0.717) is 16.6 Å². The number of aromatic amines is 1. The Bertz CT molecular complexity index is 1330. The Morgan fingerprint density at radius 3 is 2.48 bits per heavy atom. The highest BCUT2D eigenvalue weighted by atomic mass is 32.2. The first-order chi connectivity index (χ1) is 15.7. The van der Waals surface area contributed by atoms with Gasteiger partial charge in [-0.05, 0) is 30.3 Å². The van der Waals surface area contributed by atoms with E-state index in [-0.39, 0.29) is 22.5 Å². The highest BCUT2D eigenvalue weighted by Crippen LogP contribution is 2.36. The van der Waals surface area contributed by atoms with Crippen LogP contribution >= 0.6 is 0 Å². The van der Waals surface area contributed by atoms with Crippen molar-refractivity contribution in [1.29, 1.82) is 0 Å². The van der Waals surface area contributed by atoms with Crippen LogP contribution in [0.3, 0.4) is 0 Å². The molecule has 3 N–H and O–H groups in total. The average molecular weight is 471 g/mol. The minimum atomic E-state index is -3.22. The number of carbonyl (C=O) groups excluding carboxylic acids is 1. The second-order valence-electron chi connectivity index (χ2n) is 7.22. The van der Waals surface area contributed by atoms with E-state index in [2.05, 4.69) is 10.3 Å². The largest absolute Gasteiger partial charge is 0.350 e. The van der Waals surface area contributed by atoms with Crippen LogP contribution in [0.2, 0.25) is 0 Å². The number of benzene rings is 3. The zero-order chi connectivity index (χ0) is 23.6. The fourth-order valence-electron chi connectivity index (χ4n) is 3.38. The van der Waals surface area contributed by atoms with E-state index in [1.807, 2.05) is 0 Å². The average Bonchev–Trinajstić information content (AvgIpc) is 3.23. The third-order valence-corrected chi connectivity index (χ3v) is 5.36. The van der Waals surface area contributed by atoms with Gasteiger partial charge in [-0.15, -0.1) is 4.28 Å². The van der Waals surface area contributed by atoms with Crippen molar-refractivity contribution in [3.8, 4) is 0 Å². The van der Waals surface area contributed by atoms with E-state index in [9.17, 15) is 17.8 Å². The van der Waals surface area contributed by atoms with Gasteiger partial charge in [0.1, 0.15) is 5.69 Å². The van der Waals surface area contributed by atoms with Crippen molar-refractivity contribution < 1.29 is 26.6 Å². The molecule has 0 saturated heterocycles. The van der Waals surface area contributed by atoms with Crippen LogP contribution in [0.4, 0.5) is 20.2 Å². The van der Waals surface area contributed by atoms with Gasteiger partial charge >= 0.3 is 11.4 Å². The zero-order valence-corrected chi connectivity index (χ0v) is 18.1. The number of fused-ring (bicyclic) bond motifs is 1. The number of rotatable bonds is 7. The number of hydrogen-bond acceptors (Lipinski definition) is 4. The monoisotopic (exact) mass is 471 g/mol. The molecular formula is C23H19F2N3O4S. The van der Waals surface area contributed by atoms with E-state index in [0.717, 1.165) is 5.06 Å². The number of hydroxylamine groups is 1. The summed E-state index contributed by atoms with van der Waals surface area (Å²) in [5.41, 5.74) is 1.13. The molecule has 0 saturated carbocycles. The lowest BCUT2D eigenvalue weighted by atomic mass is 10.00. The number of anilines is 2. The van der Waals surface area contributed by atoms with E-state index in [1.165, 1.54) is 43.4 Å². The predicted molar refractivity (Wildman–Crippen MR) is 122 cm³/mol. The molecule has 0 aliphatic rings. The van der Waals surface area contributed by atoms with Gasteiger partial charge in [-0.3, -0.25) is 9.35 Å². The van der Waals surface area contributed by atoms with Crippen LogP contribution < -0.4 is 10.4 Å². The van der Waals surface area contributed by atoms with Crippen LogP contribution in [0, 0.1) is 0 Å². The summed E-state index contributed by atoms with van der Waals surface area (Å²) in [7, 11) is 1.46. The molecule has 170 valence electrons. The molecule has 3 aromatic carbocycles. The van der Waals surface area contributed by atoms with E-state index >= 15 is 0 Å². The summed E-state index contributed by atoms with van der Waals surface area (Å²) < 4.78 is 54.1. The first-order valence-corrected chi connectivity index (χ1v) is 10.8. The molecule has 4 aromatic rings. The Labute approximate surface area is 190 Å². The van der Waals surface area contributed by atoms with Crippen molar-refractivity contribution in [1.82, 2.24) is 4.98 Å². The molecule has 1 atom stereocenters. The third kappa shape index (κ3) is 4.92. The Morgan fingerprint density at radius 2 is 1.76 bits per heavy atom. The lowest BCUT2D eigenvalue weighted by Crippen LogP contribution is -2.18. The first-order valence-electron chi connectivity index (χ1n) is 9.75. The van der Waals surface area contributed by atoms with Gasteiger partial charge in [0.25, 0.3) is 11.8 Å². The van der Waals surface area contributed by atoms with Gasteiger partial charge in [-0.25, -0.2) is 5.06 Å². The normalized spacial score (nSPS) is 12.5. The summed E-state index contributed by atoms with van der Waals surface area (Å²) in [5.74, 6) is -3.72. The van der Waals surface area contributed by atoms with Crippen molar-refractivity contribution in [2.75, 3.05) is 17.4 Å². The van der Waals surface area contributed by atoms with Crippen LogP contribution in [0.5, 0.6) is 0 Å². The second kappa shape index (κ2) is 9.10. The Hall–Kier alpha value is -3.60. The van der Waals surface area contributed by atoms with Gasteiger partial charge in [0.2, 0.25) is 0 Å². The van der Waals surface area contributed by atoms with Gasteiger partial charge in [0.15, 0.2) is 0 Å². The number of halogens is 2. The quantitative estimate of drug-likeness (QED) is 0.259. The molecule has 1 unspecified atom stereocenters. The predicted octanol–water partition coefficient (Wildman–Crippen LogP) is 5.06. The smallest absolute Gasteiger partial charge is 0.325 e. The molecule has 0 aliphatic carbocycles. The molecule has 4 rings (SSSR count). The maximum absolute atomic E-state index is 14.9. The van der Waals surface area contributed by atoms with Crippen LogP contribution in [-0.4, -0.2) is 26.7 Å². The van der Waals surface area contributed by atoms with Gasteiger partial charge in [-0.1, -0.05) is 48.5 Å². The van der Waals surface area contributed by atoms with Crippen LogP contribution in [0.1, 0.15) is 21.6 Å². The molecule has 0 fully saturated rings. The molecule has 10 heteroatoms. The van der Waals surface area contributed by atoms with Crippen molar-refractivity contribution >= 4 is 39.5 Å². The van der Waals surface area contributed by atoms with Crippen molar-refractivity contribution in [3.05, 3.63) is 95.7 Å². The van der Waals surface area contributed by atoms with E-state index < -0.39 is 23.2 Å². The molecule has 1 aromatic heterocycles. The first kappa shape index (κ1) is 22.6. The Kier molecular flexibility index (Phi) is 6.23. The Balaban J connectivity index is 1.55. The second-order valence-corrected chi connectivity index (χ2v) is 7.80. The molecular weight excluding hydrogens is 452 g/mol. The number of nitrogens with zero attached hydrogens (tertiary/aromatic N) is 1. The molecule has 0 spiro atoms. The third-order valence-electron chi connectivity index (χ3n) is 5.01. The summed E-state index contributed by atoms with van der Waals surface area (Å²) in [4.78, 5) is 15.7. The summed E-state index contributed by atoms with van der Waals surface area (Å²) in [6.07, 6.45) is 0. The number of nitrogens with one attached hydrogen (secondary N) is 2. The summed E-state index contributed by atoms with van der Waals surface area (Å²) >= 11 is -2.48. The summed E-state index contributed by atoms with van der Waals surface area (Å²) in [6.45, 7) is 0. The number of alkyl halides is 2. The summed E-state index contributed by atoms with van der Waals surface area (Å²) in [6, 6.07) is 19.6.